The minimum atomic E-state index is -0.494. The van der Waals surface area contributed by atoms with Gasteiger partial charge in [0, 0.05) is 43.7 Å². The minimum absolute atomic E-state index is 0.0684. The molecule has 0 saturated carbocycles. The molecule has 0 aliphatic carbocycles. The van der Waals surface area contributed by atoms with Gasteiger partial charge in [0.15, 0.2) is 0 Å². The molecular weight excluding hydrogens is 433 g/mol. The van der Waals surface area contributed by atoms with E-state index >= 15 is 0 Å². The SMILES string of the molecule is COCCN(CC(=O)N(Cc1cccn1Cc1ccccc1)C(C)C)C(=O)c1cccc(F)c1. The Hall–Kier alpha value is -3.45. The lowest BCUT2D eigenvalue weighted by atomic mass is 10.2. The van der Waals surface area contributed by atoms with Gasteiger partial charge in [-0.15, -0.1) is 0 Å². The lowest BCUT2D eigenvalue weighted by Gasteiger charge is -2.30. The molecule has 1 aromatic heterocycles. The first-order chi connectivity index (χ1) is 16.4. The van der Waals surface area contributed by atoms with E-state index < -0.39 is 11.7 Å². The number of aromatic nitrogens is 1. The van der Waals surface area contributed by atoms with Crippen LogP contribution in [0.4, 0.5) is 4.39 Å². The average molecular weight is 466 g/mol. The molecule has 2 aromatic carbocycles. The number of hydrogen-bond acceptors (Lipinski definition) is 3. The molecule has 0 radical (unpaired) electrons. The molecule has 6 nitrogen and oxygen atoms in total. The zero-order valence-corrected chi connectivity index (χ0v) is 20.0. The van der Waals surface area contributed by atoms with E-state index in [2.05, 4.69) is 16.7 Å². The Morgan fingerprint density at radius 2 is 1.79 bits per heavy atom. The van der Waals surface area contributed by atoms with Crippen molar-refractivity contribution < 1.29 is 18.7 Å². The highest BCUT2D eigenvalue weighted by molar-refractivity contribution is 5.96. The van der Waals surface area contributed by atoms with Gasteiger partial charge in [-0.25, -0.2) is 4.39 Å². The lowest BCUT2D eigenvalue weighted by Crippen LogP contribution is -2.46. The van der Waals surface area contributed by atoms with Gasteiger partial charge in [-0.1, -0.05) is 36.4 Å². The molecule has 0 spiro atoms. The fraction of sp³-hybridized carbons (Fsp3) is 0.333. The highest BCUT2D eigenvalue weighted by Gasteiger charge is 2.25. The maximum atomic E-state index is 13.7. The molecule has 34 heavy (non-hydrogen) atoms. The highest BCUT2D eigenvalue weighted by atomic mass is 19.1. The monoisotopic (exact) mass is 465 g/mol. The molecule has 0 aliphatic heterocycles. The molecule has 0 fully saturated rings. The number of carbonyl (C=O) groups is 2. The first-order valence-corrected chi connectivity index (χ1v) is 11.4. The second kappa shape index (κ2) is 12.1. The predicted molar refractivity (Wildman–Crippen MR) is 130 cm³/mol. The van der Waals surface area contributed by atoms with Crippen molar-refractivity contribution in [1.29, 1.82) is 0 Å². The van der Waals surface area contributed by atoms with Gasteiger partial charge in [0.1, 0.15) is 12.4 Å². The third-order valence-corrected chi connectivity index (χ3v) is 5.65. The third-order valence-electron chi connectivity index (χ3n) is 5.65. The largest absolute Gasteiger partial charge is 0.383 e. The van der Waals surface area contributed by atoms with Gasteiger partial charge >= 0.3 is 0 Å². The van der Waals surface area contributed by atoms with Gasteiger partial charge in [0.25, 0.3) is 5.91 Å². The van der Waals surface area contributed by atoms with Crippen LogP contribution in [-0.4, -0.2) is 59.0 Å². The van der Waals surface area contributed by atoms with E-state index in [4.69, 9.17) is 4.74 Å². The van der Waals surface area contributed by atoms with Crippen LogP contribution in [0.15, 0.2) is 72.9 Å². The van der Waals surface area contributed by atoms with Crippen molar-refractivity contribution in [2.45, 2.75) is 33.0 Å². The van der Waals surface area contributed by atoms with Crippen LogP contribution in [0.25, 0.3) is 0 Å². The first kappa shape index (κ1) is 25.2. The zero-order chi connectivity index (χ0) is 24.5. The van der Waals surface area contributed by atoms with Crippen LogP contribution in [0, 0.1) is 5.82 Å². The second-order valence-corrected chi connectivity index (χ2v) is 8.46. The number of ether oxygens (including phenoxy) is 1. The Morgan fingerprint density at radius 1 is 1.03 bits per heavy atom. The zero-order valence-electron chi connectivity index (χ0n) is 20.0. The topological polar surface area (TPSA) is 54.8 Å². The molecule has 3 rings (SSSR count). The summed E-state index contributed by atoms with van der Waals surface area (Å²) in [7, 11) is 1.54. The Balaban J connectivity index is 1.75. The van der Waals surface area contributed by atoms with E-state index in [1.54, 1.807) is 11.0 Å². The molecule has 0 N–H and O–H groups in total. The van der Waals surface area contributed by atoms with Crippen LogP contribution >= 0.6 is 0 Å². The lowest BCUT2D eigenvalue weighted by molar-refractivity contribution is -0.134. The van der Waals surface area contributed by atoms with Gasteiger partial charge in [-0.2, -0.15) is 0 Å². The van der Waals surface area contributed by atoms with Crippen molar-refractivity contribution >= 4 is 11.8 Å². The number of rotatable bonds is 11. The van der Waals surface area contributed by atoms with Crippen molar-refractivity contribution in [3.05, 3.63) is 95.6 Å². The van der Waals surface area contributed by atoms with E-state index in [-0.39, 0.29) is 37.2 Å². The Morgan fingerprint density at radius 3 is 2.47 bits per heavy atom. The van der Waals surface area contributed by atoms with E-state index in [0.717, 1.165) is 5.69 Å². The number of nitrogens with zero attached hydrogens (tertiary/aromatic N) is 3. The van der Waals surface area contributed by atoms with Crippen LogP contribution in [0.3, 0.4) is 0 Å². The van der Waals surface area contributed by atoms with Crippen LogP contribution in [0.2, 0.25) is 0 Å². The summed E-state index contributed by atoms with van der Waals surface area (Å²) in [6, 6.07) is 19.6. The summed E-state index contributed by atoms with van der Waals surface area (Å²) in [5.41, 5.74) is 2.39. The van der Waals surface area contributed by atoms with Crippen LogP contribution in [0.5, 0.6) is 0 Å². The van der Waals surface area contributed by atoms with Gasteiger partial charge in [0.05, 0.1) is 13.2 Å². The summed E-state index contributed by atoms with van der Waals surface area (Å²) in [5, 5.41) is 0. The third kappa shape index (κ3) is 6.78. The molecule has 0 bridgehead atoms. The van der Waals surface area contributed by atoms with Crippen molar-refractivity contribution in [3.8, 4) is 0 Å². The fourth-order valence-corrected chi connectivity index (χ4v) is 3.77. The van der Waals surface area contributed by atoms with Crippen molar-refractivity contribution in [3.63, 3.8) is 0 Å². The molecule has 0 aliphatic rings. The molecule has 1 heterocycles. The number of halogens is 1. The minimum Gasteiger partial charge on any atom is -0.383 e. The summed E-state index contributed by atoms with van der Waals surface area (Å²) in [6.07, 6.45) is 2.00. The Labute approximate surface area is 200 Å². The Kier molecular flexibility index (Phi) is 8.99. The molecular formula is C27H32FN3O3. The number of amides is 2. The maximum Gasteiger partial charge on any atom is 0.254 e. The predicted octanol–water partition coefficient (Wildman–Crippen LogP) is 4.20. The second-order valence-electron chi connectivity index (χ2n) is 8.46. The summed E-state index contributed by atoms with van der Waals surface area (Å²) in [4.78, 5) is 29.6. The van der Waals surface area contributed by atoms with E-state index in [9.17, 15) is 14.0 Å². The summed E-state index contributed by atoms with van der Waals surface area (Å²) < 4.78 is 20.9. The number of benzene rings is 2. The average Bonchev–Trinajstić information content (AvgIpc) is 3.26. The Bertz CT molecular complexity index is 1080. The van der Waals surface area contributed by atoms with Gasteiger partial charge in [0.2, 0.25) is 5.91 Å². The summed E-state index contributed by atoms with van der Waals surface area (Å²) in [5.74, 6) is -1.07. The number of methoxy groups -OCH3 is 1. The van der Waals surface area contributed by atoms with E-state index in [1.165, 1.54) is 35.8 Å². The van der Waals surface area contributed by atoms with Gasteiger partial charge < -0.3 is 19.1 Å². The molecule has 0 saturated heterocycles. The standard InChI is InChI=1S/C27H32FN3O3/c1-21(2)31(19-25-13-8-14-29(25)18-22-9-5-4-6-10-22)26(32)20-30(15-16-34-3)27(33)23-11-7-12-24(28)17-23/h4-14,17,21H,15-16,18-20H2,1-3H3. The van der Waals surface area contributed by atoms with Crippen molar-refractivity contribution in [2.75, 3.05) is 26.8 Å². The van der Waals surface area contributed by atoms with Crippen LogP contribution in [0.1, 0.15) is 35.5 Å². The van der Waals surface area contributed by atoms with Crippen molar-refractivity contribution in [1.82, 2.24) is 14.4 Å². The van der Waals surface area contributed by atoms with Gasteiger partial charge in [-0.3, -0.25) is 9.59 Å². The molecule has 2 amide bonds. The normalized spacial score (nSPS) is 11.0. The highest BCUT2D eigenvalue weighted by Crippen LogP contribution is 2.14. The van der Waals surface area contributed by atoms with Gasteiger partial charge in [-0.05, 0) is 49.7 Å². The fourth-order valence-electron chi connectivity index (χ4n) is 3.77. The number of hydrogen-bond donors (Lipinski definition) is 0. The van der Waals surface area contributed by atoms with Crippen LogP contribution < -0.4 is 0 Å². The molecule has 3 aromatic rings. The smallest absolute Gasteiger partial charge is 0.254 e. The van der Waals surface area contributed by atoms with E-state index in [0.29, 0.717) is 13.1 Å². The molecule has 180 valence electrons. The molecule has 0 atom stereocenters. The van der Waals surface area contributed by atoms with E-state index in [1.807, 2.05) is 50.4 Å². The quantitative estimate of drug-likeness (QED) is 0.427. The molecule has 7 heteroatoms. The summed E-state index contributed by atoms with van der Waals surface area (Å²) >= 11 is 0. The maximum absolute atomic E-state index is 13.7. The summed E-state index contributed by atoms with van der Waals surface area (Å²) in [6.45, 7) is 5.43. The first-order valence-electron chi connectivity index (χ1n) is 11.4. The number of carbonyl (C=O) groups excluding carboxylic acids is 2. The van der Waals surface area contributed by atoms with Crippen molar-refractivity contribution in [2.24, 2.45) is 0 Å². The van der Waals surface area contributed by atoms with Crippen LogP contribution in [-0.2, 0) is 22.6 Å². The molecule has 0 unspecified atom stereocenters.